The van der Waals surface area contributed by atoms with E-state index in [0.717, 1.165) is 25.4 Å². The van der Waals surface area contributed by atoms with Gasteiger partial charge in [0, 0.05) is 6.42 Å². The van der Waals surface area contributed by atoms with E-state index in [0.29, 0.717) is 12.2 Å². The van der Waals surface area contributed by atoms with E-state index in [2.05, 4.69) is 18.7 Å². The maximum atomic E-state index is 12.0. The second kappa shape index (κ2) is 7.86. The smallest absolute Gasteiger partial charge is 0.149 e. The number of ketones is 1. The van der Waals surface area contributed by atoms with E-state index < -0.39 is 0 Å². The van der Waals surface area contributed by atoms with E-state index in [1.807, 2.05) is 6.92 Å². The minimum Gasteiger partial charge on any atom is -0.298 e. The molecule has 1 atom stereocenters. The zero-order valence-corrected chi connectivity index (χ0v) is 11.9. The Morgan fingerprint density at radius 1 is 1.24 bits per heavy atom. The molecule has 0 aromatic carbocycles. The fraction of sp³-hybridized carbons (Fsp3) is 0.933. The first-order chi connectivity index (χ1) is 8.22. The van der Waals surface area contributed by atoms with Crippen molar-refractivity contribution in [2.45, 2.75) is 71.8 Å². The van der Waals surface area contributed by atoms with Gasteiger partial charge in [-0.15, -0.1) is 0 Å². The van der Waals surface area contributed by atoms with Gasteiger partial charge < -0.3 is 0 Å². The van der Waals surface area contributed by atoms with Gasteiger partial charge in [-0.2, -0.15) is 0 Å². The predicted octanol–water partition coefficient (Wildman–Crippen LogP) is 3.65. The summed E-state index contributed by atoms with van der Waals surface area (Å²) >= 11 is 0. The fourth-order valence-corrected chi connectivity index (χ4v) is 2.83. The van der Waals surface area contributed by atoms with Gasteiger partial charge in [-0.25, -0.2) is 0 Å². The number of carbonyl (C=O) groups excluding carboxylic acids is 1. The third-order valence-corrected chi connectivity index (χ3v) is 4.29. The second-order valence-electron chi connectivity index (χ2n) is 5.28. The molecule has 0 bridgehead atoms. The van der Waals surface area contributed by atoms with Gasteiger partial charge in [-0.1, -0.05) is 52.9 Å². The second-order valence-corrected chi connectivity index (χ2v) is 5.28. The van der Waals surface area contributed by atoms with Crippen LogP contribution in [0.4, 0.5) is 0 Å². The van der Waals surface area contributed by atoms with Crippen molar-refractivity contribution >= 4 is 5.78 Å². The Kier molecular flexibility index (Phi) is 6.79. The molecule has 0 aromatic rings. The van der Waals surface area contributed by atoms with Crippen LogP contribution in [0.15, 0.2) is 0 Å². The third-order valence-electron chi connectivity index (χ3n) is 4.29. The summed E-state index contributed by atoms with van der Waals surface area (Å²) in [5.74, 6) is 1.41. The standard InChI is InChI=1S/C15H29NO/c1-4-15(17)14(16(5-2)6-3)12-8-11-13-9-7-10-13/h13-14H,4-12H2,1-3H3/t14-/m0/s1. The van der Waals surface area contributed by atoms with Gasteiger partial charge in [0.05, 0.1) is 6.04 Å². The number of nitrogens with zero attached hydrogens (tertiary/aromatic N) is 1. The third kappa shape index (κ3) is 4.42. The van der Waals surface area contributed by atoms with E-state index in [-0.39, 0.29) is 6.04 Å². The summed E-state index contributed by atoms with van der Waals surface area (Å²) in [4.78, 5) is 14.3. The molecular weight excluding hydrogens is 210 g/mol. The molecule has 100 valence electrons. The van der Waals surface area contributed by atoms with Crippen LogP contribution in [-0.2, 0) is 4.79 Å². The van der Waals surface area contributed by atoms with Gasteiger partial charge in [0.15, 0.2) is 0 Å². The molecule has 1 aliphatic rings. The molecule has 2 heteroatoms. The van der Waals surface area contributed by atoms with Crippen LogP contribution in [0.25, 0.3) is 0 Å². The first-order valence-electron chi connectivity index (χ1n) is 7.49. The Morgan fingerprint density at radius 2 is 1.88 bits per heavy atom. The highest BCUT2D eigenvalue weighted by atomic mass is 16.1. The minimum atomic E-state index is 0.190. The number of likely N-dealkylation sites (N-methyl/N-ethyl adjacent to an activating group) is 1. The highest BCUT2D eigenvalue weighted by Crippen LogP contribution is 2.31. The summed E-state index contributed by atoms with van der Waals surface area (Å²) in [5, 5.41) is 0. The lowest BCUT2D eigenvalue weighted by Crippen LogP contribution is -2.40. The van der Waals surface area contributed by atoms with E-state index in [1.165, 1.54) is 32.1 Å². The summed E-state index contributed by atoms with van der Waals surface area (Å²) in [7, 11) is 0. The molecule has 0 heterocycles. The maximum Gasteiger partial charge on any atom is 0.149 e. The van der Waals surface area contributed by atoms with Crippen LogP contribution in [0.5, 0.6) is 0 Å². The van der Waals surface area contributed by atoms with Crippen molar-refractivity contribution < 1.29 is 4.79 Å². The molecule has 0 unspecified atom stereocenters. The van der Waals surface area contributed by atoms with Gasteiger partial charge in [0.2, 0.25) is 0 Å². The van der Waals surface area contributed by atoms with E-state index >= 15 is 0 Å². The van der Waals surface area contributed by atoms with Crippen molar-refractivity contribution in [1.82, 2.24) is 4.90 Å². The number of Topliss-reactive ketones (excluding diaryl/α,β-unsaturated/α-hetero) is 1. The molecule has 17 heavy (non-hydrogen) atoms. The van der Waals surface area contributed by atoms with Crippen molar-refractivity contribution in [2.24, 2.45) is 5.92 Å². The first-order valence-corrected chi connectivity index (χ1v) is 7.49. The largest absolute Gasteiger partial charge is 0.298 e. The summed E-state index contributed by atoms with van der Waals surface area (Å²) in [6, 6.07) is 0.190. The number of rotatable bonds is 9. The van der Waals surface area contributed by atoms with Crippen LogP contribution >= 0.6 is 0 Å². The van der Waals surface area contributed by atoms with Gasteiger partial charge in [-0.05, 0) is 25.4 Å². The highest BCUT2D eigenvalue weighted by molar-refractivity contribution is 5.83. The zero-order valence-electron chi connectivity index (χ0n) is 11.9. The Hall–Kier alpha value is -0.370. The molecule has 1 fully saturated rings. The fourth-order valence-electron chi connectivity index (χ4n) is 2.83. The van der Waals surface area contributed by atoms with Crippen molar-refractivity contribution in [3.63, 3.8) is 0 Å². The van der Waals surface area contributed by atoms with Crippen LogP contribution in [0.2, 0.25) is 0 Å². The summed E-state index contributed by atoms with van der Waals surface area (Å²) < 4.78 is 0. The Bertz CT molecular complexity index is 219. The number of carbonyl (C=O) groups is 1. The van der Waals surface area contributed by atoms with Gasteiger partial charge in [-0.3, -0.25) is 9.69 Å². The SMILES string of the molecule is CCC(=O)[C@H](CCCC1CCC1)N(CC)CC. The molecule has 1 saturated carbocycles. The molecule has 0 N–H and O–H groups in total. The quantitative estimate of drug-likeness (QED) is 0.612. The monoisotopic (exact) mass is 239 g/mol. The molecule has 0 saturated heterocycles. The van der Waals surface area contributed by atoms with Gasteiger partial charge >= 0.3 is 0 Å². The van der Waals surface area contributed by atoms with Crippen molar-refractivity contribution in [3.8, 4) is 0 Å². The summed E-state index contributed by atoms with van der Waals surface area (Å²) in [6.45, 7) is 8.30. The molecule has 2 nitrogen and oxygen atoms in total. The maximum absolute atomic E-state index is 12.0. The van der Waals surface area contributed by atoms with Crippen LogP contribution < -0.4 is 0 Å². The van der Waals surface area contributed by atoms with E-state index in [1.54, 1.807) is 0 Å². The van der Waals surface area contributed by atoms with Crippen LogP contribution in [0, 0.1) is 5.92 Å². The molecule has 0 aromatic heterocycles. The van der Waals surface area contributed by atoms with Crippen molar-refractivity contribution in [1.29, 1.82) is 0 Å². The minimum absolute atomic E-state index is 0.190. The van der Waals surface area contributed by atoms with Crippen molar-refractivity contribution in [2.75, 3.05) is 13.1 Å². The Labute approximate surface area is 107 Å². The molecule has 0 spiro atoms. The Morgan fingerprint density at radius 3 is 2.29 bits per heavy atom. The first kappa shape index (κ1) is 14.7. The molecule has 0 aliphatic heterocycles. The lowest BCUT2D eigenvalue weighted by atomic mass is 9.81. The van der Waals surface area contributed by atoms with Crippen molar-refractivity contribution in [3.05, 3.63) is 0 Å². The predicted molar refractivity (Wildman–Crippen MR) is 73.2 cm³/mol. The summed E-state index contributed by atoms with van der Waals surface area (Å²) in [6.07, 6.45) is 8.62. The molecule has 1 rings (SSSR count). The zero-order chi connectivity index (χ0) is 12.7. The van der Waals surface area contributed by atoms with Crippen LogP contribution in [-0.4, -0.2) is 29.8 Å². The van der Waals surface area contributed by atoms with E-state index in [4.69, 9.17) is 0 Å². The van der Waals surface area contributed by atoms with Crippen LogP contribution in [0.3, 0.4) is 0 Å². The lowest BCUT2D eigenvalue weighted by Gasteiger charge is -2.30. The normalized spacial score (nSPS) is 18.1. The molecular formula is C15H29NO. The Balaban J connectivity index is 2.35. The van der Waals surface area contributed by atoms with Gasteiger partial charge in [0.25, 0.3) is 0 Å². The topological polar surface area (TPSA) is 20.3 Å². The molecule has 0 amide bonds. The average Bonchev–Trinajstić information content (AvgIpc) is 2.30. The number of hydrogen-bond acceptors (Lipinski definition) is 2. The highest BCUT2D eigenvalue weighted by Gasteiger charge is 2.23. The van der Waals surface area contributed by atoms with E-state index in [9.17, 15) is 4.79 Å². The lowest BCUT2D eigenvalue weighted by molar-refractivity contribution is -0.124. The molecule has 1 aliphatic carbocycles. The average molecular weight is 239 g/mol. The van der Waals surface area contributed by atoms with Crippen LogP contribution in [0.1, 0.15) is 65.7 Å². The summed E-state index contributed by atoms with van der Waals surface area (Å²) in [5.41, 5.74) is 0. The van der Waals surface area contributed by atoms with Gasteiger partial charge in [0.1, 0.15) is 5.78 Å². The molecule has 0 radical (unpaired) electrons. The number of hydrogen-bond donors (Lipinski definition) is 0.